The van der Waals surface area contributed by atoms with Crippen molar-refractivity contribution < 1.29 is 9.53 Å². The summed E-state index contributed by atoms with van der Waals surface area (Å²) < 4.78 is 6.58. The standard InChI is InChI=1S/C9H14N2O2/c1-3-13-9(12)7-8(2)11-6-4-5-10-11/h4-6,8H,3,7H2,1-2H3/t8-/m0/s1. The number of hydrogen-bond acceptors (Lipinski definition) is 3. The zero-order valence-electron chi connectivity index (χ0n) is 7.93. The molecule has 1 aromatic heterocycles. The minimum Gasteiger partial charge on any atom is -0.466 e. The third kappa shape index (κ3) is 2.89. The molecule has 0 aliphatic rings. The second-order valence-electron chi connectivity index (χ2n) is 2.84. The van der Waals surface area contributed by atoms with Gasteiger partial charge in [0.25, 0.3) is 0 Å². The van der Waals surface area contributed by atoms with E-state index in [4.69, 9.17) is 4.74 Å². The van der Waals surface area contributed by atoms with Gasteiger partial charge in [0.2, 0.25) is 0 Å². The Morgan fingerprint density at radius 2 is 2.46 bits per heavy atom. The van der Waals surface area contributed by atoms with Crippen molar-refractivity contribution in [3.63, 3.8) is 0 Å². The summed E-state index contributed by atoms with van der Waals surface area (Å²) in [5, 5.41) is 4.04. The number of carbonyl (C=O) groups is 1. The van der Waals surface area contributed by atoms with Gasteiger partial charge in [-0.15, -0.1) is 0 Å². The van der Waals surface area contributed by atoms with E-state index in [1.54, 1.807) is 17.8 Å². The molecule has 0 amide bonds. The molecule has 0 unspecified atom stereocenters. The van der Waals surface area contributed by atoms with Crippen LogP contribution in [0.4, 0.5) is 0 Å². The normalized spacial score (nSPS) is 12.5. The van der Waals surface area contributed by atoms with E-state index in [1.165, 1.54) is 0 Å². The molecule has 0 N–H and O–H groups in total. The topological polar surface area (TPSA) is 44.1 Å². The largest absolute Gasteiger partial charge is 0.466 e. The first-order valence-corrected chi connectivity index (χ1v) is 4.38. The second-order valence-corrected chi connectivity index (χ2v) is 2.84. The number of aromatic nitrogens is 2. The van der Waals surface area contributed by atoms with Gasteiger partial charge in [0.05, 0.1) is 19.1 Å². The van der Waals surface area contributed by atoms with Gasteiger partial charge in [-0.25, -0.2) is 0 Å². The maximum Gasteiger partial charge on any atom is 0.307 e. The van der Waals surface area contributed by atoms with E-state index in [9.17, 15) is 4.79 Å². The molecule has 4 nitrogen and oxygen atoms in total. The molecule has 0 bridgehead atoms. The number of carbonyl (C=O) groups excluding carboxylic acids is 1. The molecule has 1 rings (SSSR count). The summed E-state index contributed by atoms with van der Waals surface area (Å²) in [5.74, 6) is -0.175. The maximum absolute atomic E-state index is 11.1. The van der Waals surface area contributed by atoms with E-state index in [2.05, 4.69) is 5.10 Å². The number of ether oxygens (including phenoxy) is 1. The van der Waals surface area contributed by atoms with Gasteiger partial charge >= 0.3 is 5.97 Å². The molecule has 0 aliphatic carbocycles. The summed E-state index contributed by atoms with van der Waals surface area (Å²) in [6, 6.07) is 1.90. The van der Waals surface area contributed by atoms with Crippen molar-refractivity contribution >= 4 is 5.97 Å². The number of rotatable bonds is 4. The van der Waals surface area contributed by atoms with Crippen LogP contribution in [0.3, 0.4) is 0 Å². The molecule has 72 valence electrons. The molecule has 0 radical (unpaired) electrons. The Hall–Kier alpha value is -1.32. The van der Waals surface area contributed by atoms with Crippen LogP contribution in [-0.2, 0) is 9.53 Å². The minimum atomic E-state index is -0.175. The van der Waals surface area contributed by atoms with Crippen LogP contribution in [-0.4, -0.2) is 22.4 Å². The van der Waals surface area contributed by atoms with Crippen molar-refractivity contribution in [2.45, 2.75) is 26.3 Å². The molecular weight excluding hydrogens is 168 g/mol. The lowest BCUT2D eigenvalue weighted by molar-refractivity contribution is -0.143. The molecule has 1 atom stereocenters. The first-order valence-electron chi connectivity index (χ1n) is 4.38. The van der Waals surface area contributed by atoms with Crippen LogP contribution < -0.4 is 0 Å². The van der Waals surface area contributed by atoms with Crippen molar-refractivity contribution in [2.75, 3.05) is 6.61 Å². The number of hydrogen-bond donors (Lipinski definition) is 0. The molecule has 1 aromatic rings. The van der Waals surface area contributed by atoms with Gasteiger partial charge < -0.3 is 4.74 Å². The molecular formula is C9H14N2O2. The summed E-state index contributed by atoms with van der Waals surface area (Å²) in [5.41, 5.74) is 0. The lowest BCUT2D eigenvalue weighted by atomic mass is 10.2. The van der Waals surface area contributed by atoms with Gasteiger partial charge in [0.15, 0.2) is 0 Å². The summed E-state index contributed by atoms with van der Waals surface area (Å²) in [4.78, 5) is 11.1. The highest BCUT2D eigenvalue weighted by Crippen LogP contribution is 2.09. The first-order chi connectivity index (χ1) is 6.24. The highest BCUT2D eigenvalue weighted by Gasteiger charge is 2.10. The first kappa shape index (κ1) is 9.77. The van der Waals surface area contributed by atoms with Crippen LogP contribution >= 0.6 is 0 Å². The van der Waals surface area contributed by atoms with Crippen LogP contribution in [0, 0.1) is 0 Å². The van der Waals surface area contributed by atoms with Crippen molar-refractivity contribution in [1.29, 1.82) is 0 Å². The zero-order valence-corrected chi connectivity index (χ0v) is 7.93. The average Bonchev–Trinajstić information content (AvgIpc) is 2.55. The third-order valence-electron chi connectivity index (χ3n) is 1.74. The summed E-state index contributed by atoms with van der Waals surface area (Å²) in [6.07, 6.45) is 3.90. The SMILES string of the molecule is CCOC(=O)C[C@H](C)n1cccn1. The van der Waals surface area contributed by atoms with Crippen molar-refractivity contribution in [3.8, 4) is 0 Å². The minimum absolute atomic E-state index is 0.0639. The summed E-state index contributed by atoms with van der Waals surface area (Å²) in [6.45, 7) is 4.17. The van der Waals surface area contributed by atoms with Crippen molar-refractivity contribution in [2.24, 2.45) is 0 Å². The molecule has 1 heterocycles. The Morgan fingerprint density at radius 1 is 1.69 bits per heavy atom. The van der Waals surface area contributed by atoms with Crippen LogP contribution in [0.25, 0.3) is 0 Å². The van der Waals surface area contributed by atoms with Crippen molar-refractivity contribution in [1.82, 2.24) is 9.78 Å². The number of esters is 1. The Balaban J connectivity index is 2.42. The van der Waals surface area contributed by atoms with Gasteiger partial charge in [0.1, 0.15) is 0 Å². The van der Waals surface area contributed by atoms with Crippen LogP contribution in [0.1, 0.15) is 26.3 Å². The average molecular weight is 182 g/mol. The van der Waals surface area contributed by atoms with E-state index in [0.29, 0.717) is 13.0 Å². The zero-order chi connectivity index (χ0) is 9.68. The lowest BCUT2D eigenvalue weighted by Crippen LogP contribution is -2.13. The molecule has 0 spiro atoms. The number of nitrogens with zero attached hydrogens (tertiary/aromatic N) is 2. The molecule has 0 saturated carbocycles. The fourth-order valence-electron chi connectivity index (χ4n) is 1.10. The van der Waals surface area contributed by atoms with Gasteiger partial charge in [-0.3, -0.25) is 9.48 Å². The van der Waals surface area contributed by atoms with Gasteiger partial charge in [-0.1, -0.05) is 0 Å². The molecule has 4 heteroatoms. The van der Waals surface area contributed by atoms with Crippen LogP contribution in [0.5, 0.6) is 0 Å². The van der Waals surface area contributed by atoms with E-state index in [0.717, 1.165) is 0 Å². The van der Waals surface area contributed by atoms with E-state index in [-0.39, 0.29) is 12.0 Å². The predicted octanol–water partition coefficient (Wildman–Crippen LogP) is 1.40. The summed E-state index contributed by atoms with van der Waals surface area (Å²) >= 11 is 0. The Kier molecular flexibility index (Phi) is 3.49. The lowest BCUT2D eigenvalue weighted by Gasteiger charge is -2.10. The van der Waals surface area contributed by atoms with Crippen LogP contribution in [0.15, 0.2) is 18.5 Å². The highest BCUT2D eigenvalue weighted by atomic mass is 16.5. The second kappa shape index (κ2) is 4.64. The molecule has 0 aromatic carbocycles. The fourth-order valence-corrected chi connectivity index (χ4v) is 1.10. The Morgan fingerprint density at radius 3 is 3.00 bits per heavy atom. The fraction of sp³-hybridized carbons (Fsp3) is 0.556. The molecule has 0 aliphatic heterocycles. The predicted molar refractivity (Wildman–Crippen MR) is 48.2 cm³/mol. The van der Waals surface area contributed by atoms with E-state index >= 15 is 0 Å². The molecule has 0 fully saturated rings. The maximum atomic E-state index is 11.1. The van der Waals surface area contributed by atoms with Crippen molar-refractivity contribution in [3.05, 3.63) is 18.5 Å². The third-order valence-corrected chi connectivity index (χ3v) is 1.74. The monoisotopic (exact) mass is 182 g/mol. The van der Waals surface area contributed by atoms with E-state index in [1.807, 2.05) is 19.2 Å². The van der Waals surface area contributed by atoms with Gasteiger partial charge in [-0.05, 0) is 19.9 Å². The van der Waals surface area contributed by atoms with E-state index < -0.39 is 0 Å². The summed E-state index contributed by atoms with van der Waals surface area (Å²) in [7, 11) is 0. The smallest absolute Gasteiger partial charge is 0.307 e. The molecule has 13 heavy (non-hydrogen) atoms. The Labute approximate surface area is 77.5 Å². The quantitative estimate of drug-likeness (QED) is 0.661. The highest BCUT2D eigenvalue weighted by molar-refractivity contribution is 5.69. The van der Waals surface area contributed by atoms with Gasteiger partial charge in [0, 0.05) is 12.4 Å². The van der Waals surface area contributed by atoms with Crippen LogP contribution in [0.2, 0.25) is 0 Å². The molecule has 0 saturated heterocycles. The Bertz CT molecular complexity index is 257. The van der Waals surface area contributed by atoms with Gasteiger partial charge in [-0.2, -0.15) is 5.10 Å².